The molecule has 4 aliphatic carbocycles. The normalized spacial score (nSPS) is 50.4. The molecule has 0 amide bonds. The molecule has 1 aliphatic heterocycles. The summed E-state index contributed by atoms with van der Waals surface area (Å²) in [7, 11) is 0. The van der Waals surface area contributed by atoms with Crippen molar-refractivity contribution in [3.8, 4) is 0 Å². The van der Waals surface area contributed by atoms with E-state index in [4.69, 9.17) is 9.47 Å². The van der Waals surface area contributed by atoms with E-state index in [1.165, 1.54) is 44.9 Å². The lowest BCUT2D eigenvalue weighted by molar-refractivity contribution is -0.187. The number of carbonyl (C=O) groups excluding carboxylic acids is 1. The van der Waals surface area contributed by atoms with Crippen molar-refractivity contribution in [3.05, 3.63) is 0 Å². The van der Waals surface area contributed by atoms with Crippen molar-refractivity contribution in [1.29, 1.82) is 0 Å². The quantitative estimate of drug-likeness (QED) is 0.412. The van der Waals surface area contributed by atoms with Crippen LogP contribution >= 0.6 is 0 Å². The van der Waals surface area contributed by atoms with Crippen LogP contribution in [0.15, 0.2) is 0 Å². The van der Waals surface area contributed by atoms with Gasteiger partial charge in [-0.1, -0.05) is 60.8 Å². The summed E-state index contributed by atoms with van der Waals surface area (Å²) in [4.78, 5) is 12.9. The third-order valence-electron chi connectivity index (χ3n) is 11.9. The maximum atomic E-state index is 12.9. The van der Waals surface area contributed by atoms with Gasteiger partial charge < -0.3 is 9.47 Å². The summed E-state index contributed by atoms with van der Waals surface area (Å²) in [6.45, 7) is 18.8. The Morgan fingerprint density at radius 3 is 2.26 bits per heavy atom. The molecule has 0 N–H and O–H groups in total. The Morgan fingerprint density at radius 2 is 1.56 bits per heavy atom. The van der Waals surface area contributed by atoms with Crippen LogP contribution in [-0.2, 0) is 14.3 Å². The van der Waals surface area contributed by atoms with Gasteiger partial charge in [-0.15, -0.1) is 0 Å². The molecule has 5 rings (SSSR count). The standard InChI is InChI=1S/C31H52O3/c1-18(2)10-9-11-19(3)21-12-13-22-26-23(14-15-30(21,22)7)31(8)17-20(4)25(32)16-24(31)27-28(26)34-29(5,6)33-27/h18-24,26-28H,9-17H2,1-8H3/t19-,20?,21-,22+,23+,24-,26+,27-,28-,30-,31-/m1/s1. The largest absolute Gasteiger partial charge is 0.344 e. The van der Waals surface area contributed by atoms with Crippen LogP contribution in [0.4, 0.5) is 0 Å². The number of ketones is 1. The Morgan fingerprint density at radius 1 is 0.882 bits per heavy atom. The molecule has 3 nitrogen and oxygen atoms in total. The highest BCUT2D eigenvalue weighted by Gasteiger charge is 2.69. The molecule has 0 aromatic heterocycles. The summed E-state index contributed by atoms with van der Waals surface area (Å²) in [6.07, 6.45) is 11.5. The van der Waals surface area contributed by atoms with Crippen molar-refractivity contribution >= 4 is 5.78 Å². The van der Waals surface area contributed by atoms with E-state index in [2.05, 4.69) is 55.4 Å². The molecular formula is C31H52O3. The first kappa shape index (κ1) is 25.2. The molecule has 5 fully saturated rings. The minimum atomic E-state index is -0.534. The van der Waals surface area contributed by atoms with E-state index in [1.807, 2.05) is 0 Å². The Labute approximate surface area is 209 Å². The van der Waals surface area contributed by atoms with Gasteiger partial charge in [0.2, 0.25) is 0 Å². The lowest BCUT2D eigenvalue weighted by Gasteiger charge is -2.63. The molecule has 34 heavy (non-hydrogen) atoms. The highest BCUT2D eigenvalue weighted by atomic mass is 16.8. The topological polar surface area (TPSA) is 35.5 Å². The van der Waals surface area contributed by atoms with Gasteiger partial charge in [-0.3, -0.25) is 4.79 Å². The minimum Gasteiger partial charge on any atom is -0.344 e. The van der Waals surface area contributed by atoms with Crippen LogP contribution in [0.25, 0.3) is 0 Å². The molecular weight excluding hydrogens is 420 g/mol. The van der Waals surface area contributed by atoms with E-state index >= 15 is 0 Å². The van der Waals surface area contributed by atoms with Crippen LogP contribution in [-0.4, -0.2) is 23.8 Å². The Balaban J connectivity index is 1.44. The van der Waals surface area contributed by atoms with Gasteiger partial charge in [-0.05, 0) is 92.3 Å². The third-order valence-corrected chi connectivity index (χ3v) is 11.9. The highest BCUT2D eigenvalue weighted by molar-refractivity contribution is 5.82. The summed E-state index contributed by atoms with van der Waals surface area (Å²) in [5, 5.41) is 0. The molecule has 194 valence electrons. The Bertz CT molecular complexity index is 788. The SMILES string of the molecule is CC(C)CCC[C@@H](C)[C@H]1CC[C@H]2[C@@H]3[C@H]4OC(C)(C)O[C@@H]4[C@H]4CC(=O)C(C)C[C@]4(C)[C@H]3CC[C@]12C. The van der Waals surface area contributed by atoms with Crippen LogP contribution in [0, 0.1) is 58.2 Å². The van der Waals surface area contributed by atoms with E-state index in [1.54, 1.807) is 0 Å². The van der Waals surface area contributed by atoms with Crippen molar-refractivity contribution in [2.45, 2.75) is 131 Å². The Hall–Kier alpha value is -0.410. The van der Waals surface area contributed by atoms with Gasteiger partial charge in [0.25, 0.3) is 0 Å². The number of rotatable bonds is 5. The predicted molar refractivity (Wildman–Crippen MR) is 137 cm³/mol. The maximum absolute atomic E-state index is 12.9. The molecule has 1 unspecified atom stereocenters. The van der Waals surface area contributed by atoms with Crippen LogP contribution < -0.4 is 0 Å². The van der Waals surface area contributed by atoms with Crippen molar-refractivity contribution in [1.82, 2.24) is 0 Å². The molecule has 5 aliphatic rings. The van der Waals surface area contributed by atoms with Gasteiger partial charge >= 0.3 is 0 Å². The lowest BCUT2D eigenvalue weighted by Crippen LogP contribution is -2.64. The molecule has 0 bridgehead atoms. The highest BCUT2D eigenvalue weighted by Crippen LogP contribution is 2.70. The van der Waals surface area contributed by atoms with E-state index < -0.39 is 5.79 Å². The summed E-state index contributed by atoms with van der Waals surface area (Å²) in [5.74, 6) is 4.89. The van der Waals surface area contributed by atoms with Crippen molar-refractivity contribution < 1.29 is 14.3 Å². The zero-order valence-corrected chi connectivity index (χ0v) is 23.4. The molecule has 3 heteroatoms. The van der Waals surface area contributed by atoms with Gasteiger partial charge in [-0.2, -0.15) is 0 Å². The molecule has 4 saturated carbocycles. The maximum Gasteiger partial charge on any atom is 0.163 e. The Kier molecular flexibility index (Phi) is 6.37. The van der Waals surface area contributed by atoms with E-state index in [0.29, 0.717) is 35.4 Å². The fourth-order valence-corrected chi connectivity index (χ4v) is 10.4. The second-order valence-electron chi connectivity index (χ2n) is 14.8. The minimum absolute atomic E-state index is 0.0857. The van der Waals surface area contributed by atoms with Crippen molar-refractivity contribution in [3.63, 3.8) is 0 Å². The molecule has 11 atom stereocenters. The zero-order valence-electron chi connectivity index (χ0n) is 23.4. The lowest BCUT2D eigenvalue weighted by atomic mass is 9.42. The van der Waals surface area contributed by atoms with E-state index in [9.17, 15) is 4.79 Å². The van der Waals surface area contributed by atoms with E-state index in [0.717, 1.165) is 30.1 Å². The molecule has 0 radical (unpaired) electrons. The summed E-state index contributed by atoms with van der Waals surface area (Å²) >= 11 is 0. The van der Waals surface area contributed by atoms with Crippen LogP contribution in [0.3, 0.4) is 0 Å². The molecule has 0 aromatic carbocycles. The fourth-order valence-electron chi connectivity index (χ4n) is 10.4. The smallest absolute Gasteiger partial charge is 0.163 e. The fraction of sp³-hybridized carbons (Fsp3) is 0.968. The summed E-state index contributed by atoms with van der Waals surface area (Å²) in [6, 6.07) is 0. The first-order valence-corrected chi connectivity index (χ1v) is 14.8. The van der Waals surface area contributed by atoms with Crippen LogP contribution in [0.1, 0.15) is 113 Å². The van der Waals surface area contributed by atoms with Gasteiger partial charge in [0.1, 0.15) is 5.78 Å². The number of fused-ring (bicyclic) bond motifs is 8. The molecule has 0 aromatic rings. The van der Waals surface area contributed by atoms with Gasteiger partial charge in [0.15, 0.2) is 5.79 Å². The van der Waals surface area contributed by atoms with Crippen LogP contribution in [0.2, 0.25) is 0 Å². The second-order valence-corrected chi connectivity index (χ2v) is 14.8. The third kappa shape index (κ3) is 3.85. The second kappa shape index (κ2) is 8.57. The summed E-state index contributed by atoms with van der Waals surface area (Å²) in [5.41, 5.74) is 0.629. The van der Waals surface area contributed by atoms with E-state index in [-0.39, 0.29) is 23.5 Å². The first-order chi connectivity index (χ1) is 15.9. The van der Waals surface area contributed by atoms with Gasteiger partial charge in [-0.25, -0.2) is 0 Å². The number of hydrogen-bond donors (Lipinski definition) is 0. The number of Topliss-reactive ketones (excluding diaryl/α,β-unsaturated/α-hetero) is 1. The number of hydrogen-bond acceptors (Lipinski definition) is 3. The average molecular weight is 473 g/mol. The molecule has 0 spiro atoms. The van der Waals surface area contributed by atoms with Crippen molar-refractivity contribution in [2.75, 3.05) is 0 Å². The van der Waals surface area contributed by atoms with Gasteiger partial charge in [0, 0.05) is 18.3 Å². The molecule has 1 heterocycles. The predicted octanol–water partition coefficient (Wildman–Crippen LogP) is 7.66. The average Bonchev–Trinajstić information content (AvgIpc) is 3.25. The van der Waals surface area contributed by atoms with Crippen molar-refractivity contribution in [2.24, 2.45) is 58.2 Å². The van der Waals surface area contributed by atoms with Gasteiger partial charge in [0.05, 0.1) is 12.2 Å². The number of ether oxygens (including phenoxy) is 2. The number of carbonyl (C=O) groups is 1. The zero-order chi connectivity index (χ0) is 24.6. The monoisotopic (exact) mass is 472 g/mol. The van der Waals surface area contributed by atoms with Crippen LogP contribution in [0.5, 0.6) is 0 Å². The summed E-state index contributed by atoms with van der Waals surface area (Å²) < 4.78 is 13.5. The molecule has 1 saturated heterocycles. The first-order valence-electron chi connectivity index (χ1n) is 14.8.